The molecule has 4 heteroatoms. The van der Waals surface area contributed by atoms with Crippen LogP contribution in [0.2, 0.25) is 0 Å². The summed E-state index contributed by atoms with van der Waals surface area (Å²) in [5, 5.41) is 9.17. The van der Waals surface area contributed by atoms with E-state index in [0.29, 0.717) is 0 Å². The van der Waals surface area contributed by atoms with E-state index in [1.807, 2.05) is 24.3 Å². The van der Waals surface area contributed by atoms with Crippen molar-refractivity contribution in [1.29, 1.82) is 0 Å². The Labute approximate surface area is 94.1 Å². The summed E-state index contributed by atoms with van der Waals surface area (Å²) < 4.78 is 0. The number of nitrogens with one attached hydrogen (secondary N) is 1. The van der Waals surface area contributed by atoms with E-state index in [9.17, 15) is 0 Å². The van der Waals surface area contributed by atoms with Crippen LogP contribution in [0.5, 0.6) is 5.88 Å². The molecule has 1 aromatic heterocycles. The molecule has 2 rings (SSSR count). The summed E-state index contributed by atoms with van der Waals surface area (Å²) in [5.41, 5.74) is 7.60. The van der Waals surface area contributed by atoms with Gasteiger partial charge in [-0.2, -0.15) is 0 Å². The molecule has 4 N–H and O–H groups in total. The molecule has 0 aliphatic rings. The van der Waals surface area contributed by atoms with Gasteiger partial charge in [0.05, 0.1) is 6.20 Å². The lowest BCUT2D eigenvalue weighted by atomic mass is 10.0. The molecule has 4 nitrogen and oxygen atoms in total. The third-order valence-electron chi connectivity index (χ3n) is 2.57. The fourth-order valence-corrected chi connectivity index (χ4v) is 1.68. The standard InChI is InChI=1S/C12H15N3O/c1-8(12-14-7-11(16)15-12)6-9-2-4-10(13)5-3-9/h2-5,7-8,16H,6,13H2,1H3,(H,14,15). The van der Waals surface area contributed by atoms with Gasteiger partial charge in [-0.05, 0) is 24.1 Å². The average molecular weight is 217 g/mol. The molecule has 2 aromatic rings. The maximum absolute atomic E-state index is 9.17. The molecule has 0 aliphatic carbocycles. The van der Waals surface area contributed by atoms with Crippen LogP contribution < -0.4 is 5.73 Å². The topological polar surface area (TPSA) is 74.9 Å². The minimum absolute atomic E-state index is 0.110. The summed E-state index contributed by atoms with van der Waals surface area (Å²) in [4.78, 5) is 6.93. The van der Waals surface area contributed by atoms with Gasteiger partial charge in [0.25, 0.3) is 0 Å². The Morgan fingerprint density at radius 3 is 2.62 bits per heavy atom. The van der Waals surface area contributed by atoms with Crippen molar-refractivity contribution >= 4 is 5.69 Å². The summed E-state index contributed by atoms with van der Waals surface area (Å²) in [6.07, 6.45) is 2.29. The summed E-state index contributed by atoms with van der Waals surface area (Å²) in [5.74, 6) is 1.15. The lowest BCUT2D eigenvalue weighted by Gasteiger charge is -2.08. The van der Waals surface area contributed by atoms with Gasteiger partial charge in [-0.1, -0.05) is 19.1 Å². The molecule has 1 aromatic carbocycles. The molecule has 1 atom stereocenters. The van der Waals surface area contributed by atoms with Gasteiger partial charge in [-0.3, -0.25) is 0 Å². The third-order valence-corrected chi connectivity index (χ3v) is 2.57. The second kappa shape index (κ2) is 4.26. The van der Waals surface area contributed by atoms with Crippen LogP contribution >= 0.6 is 0 Å². The minimum Gasteiger partial charge on any atom is -0.493 e. The summed E-state index contributed by atoms with van der Waals surface area (Å²) >= 11 is 0. The highest BCUT2D eigenvalue weighted by Crippen LogP contribution is 2.19. The van der Waals surface area contributed by atoms with Crippen LogP contribution in [0, 0.1) is 0 Å². The Balaban J connectivity index is 2.07. The number of nitrogen functional groups attached to an aromatic ring is 1. The molecule has 0 bridgehead atoms. The summed E-state index contributed by atoms with van der Waals surface area (Å²) in [6.45, 7) is 2.06. The van der Waals surface area contributed by atoms with Gasteiger partial charge in [0.2, 0.25) is 5.88 Å². The molecule has 0 spiro atoms. The fourth-order valence-electron chi connectivity index (χ4n) is 1.68. The van der Waals surface area contributed by atoms with Gasteiger partial charge in [0.1, 0.15) is 5.82 Å². The molecular weight excluding hydrogens is 202 g/mol. The molecule has 0 radical (unpaired) electrons. The first-order valence-electron chi connectivity index (χ1n) is 5.23. The predicted octanol–water partition coefficient (Wildman–Crippen LogP) is 2.04. The number of aromatic hydroxyl groups is 1. The Morgan fingerprint density at radius 2 is 2.06 bits per heavy atom. The molecular formula is C12H15N3O. The van der Waals surface area contributed by atoms with E-state index in [1.165, 1.54) is 11.8 Å². The maximum Gasteiger partial charge on any atom is 0.208 e. The van der Waals surface area contributed by atoms with Crippen LogP contribution in [0.3, 0.4) is 0 Å². The highest BCUT2D eigenvalue weighted by molar-refractivity contribution is 5.39. The van der Waals surface area contributed by atoms with Crippen molar-refractivity contribution in [2.45, 2.75) is 19.3 Å². The second-order valence-corrected chi connectivity index (χ2v) is 4.00. The molecule has 0 saturated carbocycles. The molecule has 0 fully saturated rings. The first-order chi connectivity index (χ1) is 7.65. The predicted molar refractivity (Wildman–Crippen MR) is 63.2 cm³/mol. The molecule has 1 unspecified atom stereocenters. The van der Waals surface area contributed by atoms with Gasteiger partial charge in [-0.25, -0.2) is 4.98 Å². The Hall–Kier alpha value is -1.97. The second-order valence-electron chi connectivity index (χ2n) is 4.00. The van der Waals surface area contributed by atoms with Crippen LogP contribution in [-0.4, -0.2) is 15.1 Å². The molecule has 16 heavy (non-hydrogen) atoms. The van der Waals surface area contributed by atoms with Crippen molar-refractivity contribution in [3.8, 4) is 5.88 Å². The number of anilines is 1. The van der Waals surface area contributed by atoms with E-state index in [4.69, 9.17) is 10.8 Å². The van der Waals surface area contributed by atoms with E-state index in [-0.39, 0.29) is 11.8 Å². The summed E-state index contributed by atoms with van der Waals surface area (Å²) in [7, 11) is 0. The first kappa shape index (κ1) is 10.5. The number of benzene rings is 1. The van der Waals surface area contributed by atoms with Crippen molar-refractivity contribution in [2.24, 2.45) is 0 Å². The van der Waals surface area contributed by atoms with Crippen molar-refractivity contribution < 1.29 is 5.11 Å². The normalized spacial score (nSPS) is 12.6. The number of H-pyrrole nitrogens is 1. The third kappa shape index (κ3) is 2.34. The number of nitrogens with two attached hydrogens (primary N) is 1. The van der Waals surface area contributed by atoms with E-state index >= 15 is 0 Å². The highest BCUT2D eigenvalue weighted by atomic mass is 16.3. The van der Waals surface area contributed by atoms with Crippen LogP contribution in [-0.2, 0) is 6.42 Å². The van der Waals surface area contributed by atoms with Crippen LogP contribution in [0.4, 0.5) is 5.69 Å². The Morgan fingerprint density at radius 1 is 1.38 bits per heavy atom. The number of aromatic amines is 1. The van der Waals surface area contributed by atoms with Crippen molar-refractivity contribution in [2.75, 3.05) is 5.73 Å². The number of hydrogen-bond acceptors (Lipinski definition) is 3. The first-order valence-corrected chi connectivity index (χ1v) is 5.23. The zero-order valence-electron chi connectivity index (χ0n) is 9.14. The zero-order valence-corrected chi connectivity index (χ0v) is 9.14. The molecule has 1 heterocycles. The van der Waals surface area contributed by atoms with Crippen LogP contribution in [0.25, 0.3) is 0 Å². The number of nitrogens with zero attached hydrogens (tertiary/aromatic N) is 1. The SMILES string of the molecule is CC(Cc1ccc(N)cc1)c1ncc(O)[nH]1. The fraction of sp³-hybridized carbons (Fsp3) is 0.250. The van der Waals surface area contributed by atoms with Crippen molar-refractivity contribution in [3.63, 3.8) is 0 Å². The molecule has 0 aliphatic heterocycles. The van der Waals surface area contributed by atoms with Crippen LogP contribution in [0.15, 0.2) is 30.5 Å². The maximum atomic E-state index is 9.17. The van der Waals surface area contributed by atoms with E-state index in [0.717, 1.165) is 17.9 Å². The quantitative estimate of drug-likeness (QED) is 0.689. The highest BCUT2D eigenvalue weighted by Gasteiger charge is 2.10. The van der Waals surface area contributed by atoms with E-state index < -0.39 is 0 Å². The number of hydrogen-bond donors (Lipinski definition) is 3. The number of aromatic nitrogens is 2. The van der Waals surface area contributed by atoms with Crippen LogP contribution in [0.1, 0.15) is 24.2 Å². The average Bonchev–Trinajstić information content (AvgIpc) is 2.68. The minimum atomic E-state index is 0.110. The van der Waals surface area contributed by atoms with Crippen molar-refractivity contribution in [1.82, 2.24) is 9.97 Å². The Bertz CT molecular complexity index is 461. The van der Waals surface area contributed by atoms with Gasteiger partial charge < -0.3 is 15.8 Å². The molecule has 0 amide bonds. The molecule has 0 saturated heterocycles. The van der Waals surface area contributed by atoms with E-state index in [1.54, 1.807) is 0 Å². The van der Waals surface area contributed by atoms with Gasteiger partial charge in [-0.15, -0.1) is 0 Å². The van der Waals surface area contributed by atoms with Gasteiger partial charge in [0.15, 0.2) is 0 Å². The van der Waals surface area contributed by atoms with Gasteiger partial charge in [0, 0.05) is 11.6 Å². The number of imidazole rings is 1. The number of rotatable bonds is 3. The summed E-state index contributed by atoms with van der Waals surface area (Å²) in [6, 6.07) is 7.80. The monoisotopic (exact) mass is 217 g/mol. The molecule has 84 valence electrons. The largest absolute Gasteiger partial charge is 0.493 e. The van der Waals surface area contributed by atoms with E-state index in [2.05, 4.69) is 16.9 Å². The lowest BCUT2D eigenvalue weighted by molar-refractivity contribution is 0.454. The van der Waals surface area contributed by atoms with Crippen molar-refractivity contribution in [3.05, 3.63) is 41.9 Å². The lowest BCUT2D eigenvalue weighted by Crippen LogP contribution is -2.00. The zero-order chi connectivity index (χ0) is 11.5. The van der Waals surface area contributed by atoms with Gasteiger partial charge >= 0.3 is 0 Å². The Kier molecular flexibility index (Phi) is 2.81. The smallest absolute Gasteiger partial charge is 0.208 e.